The molecule has 0 radical (unpaired) electrons. The summed E-state index contributed by atoms with van der Waals surface area (Å²) < 4.78 is 32.2. The van der Waals surface area contributed by atoms with Crippen LogP contribution in [0.2, 0.25) is 10.0 Å². The van der Waals surface area contributed by atoms with Crippen LogP contribution < -0.4 is 10.1 Å². The van der Waals surface area contributed by atoms with Crippen molar-refractivity contribution in [1.82, 2.24) is 4.31 Å². The molecule has 0 atom stereocenters. The normalized spacial score (nSPS) is 14.9. The molecule has 1 aliphatic heterocycles. The average molecular weight is 443 g/mol. The van der Waals surface area contributed by atoms with Crippen molar-refractivity contribution >= 4 is 44.8 Å². The van der Waals surface area contributed by atoms with E-state index in [1.165, 1.54) is 29.6 Å². The Hall–Kier alpha value is -1.80. The summed E-state index contributed by atoms with van der Waals surface area (Å²) in [7, 11) is -2.19. The molecule has 0 saturated carbocycles. The van der Waals surface area contributed by atoms with Gasteiger partial charge in [0.1, 0.15) is 5.75 Å². The molecule has 9 heteroatoms. The van der Waals surface area contributed by atoms with Crippen molar-refractivity contribution in [3.05, 3.63) is 51.5 Å². The van der Waals surface area contributed by atoms with Gasteiger partial charge in [-0.25, -0.2) is 8.42 Å². The van der Waals surface area contributed by atoms with Gasteiger partial charge in [-0.15, -0.1) is 0 Å². The van der Waals surface area contributed by atoms with Gasteiger partial charge in [0.05, 0.1) is 28.3 Å². The smallest absolute Gasteiger partial charge is 0.257 e. The Labute approximate surface area is 174 Å². The van der Waals surface area contributed by atoms with Crippen LogP contribution in [0.4, 0.5) is 5.69 Å². The molecule has 0 spiro atoms. The molecule has 150 valence electrons. The van der Waals surface area contributed by atoms with Gasteiger partial charge in [-0.1, -0.05) is 23.2 Å². The highest BCUT2D eigenvalue weighted by Crippen LogP contribution is 2.32. The lowest BCUT2D eigenvalue weighted by Crippen LogP contribution is -2.28. The molecule has 2 aromatic carbocycles. The first-order chi connectivity index (χ1) is 13.2. The first kappa shape index (κ1) is 20.9. The van der Waals surface area contributed by atoms with Crippen LogP contribution in [0.3, 0.4) is 0 Å². The molecular formula is C19H20Cl2N2O4S. The molecule has 1 heterocycles. The second kappa shape index (κ2) is 8.29. The van der Waals surface area contributed by atoms with Crippen LogP contribution in [0.1, 0.15) is 28.8 Å². The Kier molecular flexibility index (Phi) is 6.19. The van der Waals surface area contributed by atoms with Crippen LogP contribution in [-0.4, -0.2) is 38.8 Å². The summed E-state index contributed by atoms with van der Waals surface area (Å²) in [6, 6.07) is 7.42. The van der Waals surface area contributed by atoms with E-state index in [-0.39, 0.29) is 15.5 Å². The fraction of sp³-hybridized carbons (Fsp3) is 0.316. The van der Waals surface area contributed by atoms with E-state index in [4.69, 9.17) is 27.9 Å². The number of carbonyl (C=O) groups is 1. The average Bonchev–Trinajstić information content (AvgIpc) is 3.20. The van der Waals surface area contributed by atoms with Crippen LogP contribution in [0, 0.1) is 6.92 Å². The van der Waals surface area contributed by atoms with Gasteiger partial charge in [-0.3, -0.25) is 4.79 Å². The minimum absolute atomic E-state index is 0.0446. The quantitative estimate of drug-likeness (QED) is 0.746. The first-order valence-corrected chi connectivity index (χ1v) is 10.9. The van der Waals surface area contributed by atoms with Gasteiger partial charge in [0.15, 0.2) is 0 Å². The summed E-state index contributed by atoms with van der Waals surface area (Å²) in [6.45, 7) is 2.76. The van der Waals surface area contributed by atoms with Gasteiger partial charge in [0.2, 0.25) is 10.0 Å². The van der Waals surface area contributed by atoms with Crippen molar-refractivity contribution in [2.75, 3.05) is 25.5 Å². The second-order valence-electron chi connectivity index (χ2n) is 6.51. The van der Waals surface area contributed by atoms with Crippen LogP contribution in [0.15, 0.2) is 35.2 Å². The van der Waals surface area contributed by atoms with Crippen molar-refractivity contribution in [3.8, 4) is 5.75 Å². The number of amides is 1. The molecule has 2 aromatic rings. The van der Waals surface area contributed by atoms with E-state index >= 15 is 0 Å². The lowest BCUT2D eigenvalue weighted by Gasteiger charge is -2.17. The van der Waals surface area contributed by atoms with Gasteiger partial charge >= 0.3 is 0 Å². The molecule has 0 aliphatic carbocycles. The molecule has 0 unspecified atom stereocenters. The third kappa shape index (κ3) is 4.12. The van der Waals surface area contributed by atoms with E-state index in [0.29, 0.717) is 29.5 Å². The maximum Gasteiger partial charge on any atom is 0.257 e. The summed E-state index contributed by atoms with van der Waals surface area (Å²) in [5.74, 6) is -0.149. The number of methoxy groups -OCH3 is 1. The number of carbonyl (C=O) groups excluding carboxylic acids is 1. The fourth-order valence-electron chi connectivity index (χ4n) is 3.04. The summed E-state index contributed by atoms with van der Waals surface area (Å²) in [5.41, 5.74) is 1.24. The maximum absolute atomic E-state index is 12.8. The number of ether oxygens (including phenoxy) is 1. The van der Waals surface area contributed by atoms with E-state index in [9.17, 15) is 13.2 Å². The third-order valence-corrected chi connectivity index (χ3v) is 7.25. The highest BCUT2D eigenvalue weighted by molar-refractivity contribution is 7.89. The standard InChI is InChI=1S/C19H20Cl2N2O4S/c1-12-9-17(18(27-2)11-16(12)21)22-19(24)14-10-13(5-6-15(14)20)28(25,26)23-7-3-4-8-23/h5-6,9-11H,3-4,7-8H2,1-2H3,(H,22,24). The molecule has 6 nitrogen and oxygen atoms in total. The topological polar surface area (TPSA) is 75.7 Å². The minimum atomic E-state index is -3.66. The van der Waals surface area contributed by atoms with E-state index in [1.807, 2.05) is 0 Å². The number of hydrogen-bond acceptors (Lipinski definition) is 4. The molecule has 1 saturated heterocycles. The summed E-state index contributed by atoms with van der Waals surface area (Å²) in [6.07, 6.45) is 1.66. The van der Waals surface area contributed by atoms with E-state index < -0.39 is 15.9 Å². The molecule has 0 bridgehead atoms. The van der Waals surface area contributed by atoms with Crippen LogP contribution in [0.5, 0.6) is 5.75 Å². The first-order valence-electron chi connectivity index (χ1n) is 8.69. The molecule has 3 rings (SSSR count). The van der Waals surface area contributed by atoms with E-state index in [1.54, 1.807) is 19.1 Å². The maximum atomic E-state index is 12.8. The Bertz CT molecular complexity index is 1020. The highest BCUT2D eigenvalue weighted by Gasteiger charge is 2.28. The van der Waals surface area contributed by atoms with E-state index in [2.05, 4.69) is 5.32 Å². The van der Waals surface area contributed by atoms with Crippen molar-refractivity contribution in [2.45, 2.75) is 24.7 Å². The number of sulfonamides is 1. The minimum Gasteiger partial charge on any atom is -0.495 e. The van der Waals surface area contributed by atoms with Gasteiger partial charge in [-0.2, -0.15) is 4.31 Å². The number of aryl methyl sites for hydroxylation is 1. The Morgan fingerprint density at radius 2 is 1.79 bits per heavy atom. The van der Waals surface area contributed by atoms with Crippen molar-refractivity contribution < 1.29 is 17.9 Å². The SMILES string of the molecule is COc1cc(Cl)c(C)cc1NC(=O)c1cc(S(=O)(=O)N2CCCC2)ccc1Cl. The third-order valence-electron chi connectivity index (χ3n) is 4.61. The van der Waals surface area contributed by atoms with E-state index in [0.717, 1.165) is 18.4 Å². The summed E-state index contributed by atoms with van der Waals surface area (Å²) in [4.78, 5) is 12.9. The number of anilines is 1. The zero-order valence-electron chi connectivity index (χ0n) is 15.5. The van der Waals surface area contributed by atoms with Gasteiger partial charge in [0, 0.05) is 24.2 Å². The number of halogens is 2. The zero-order valence-corrected chi connectivity index (χ0v) is 17.8. The molecule has 0 aromatic heterocycles. The Morgan fingerprint density at radius 1 is 1.11 bits per heavy atom. The molecule has 1 fully saturated rings. The Morgan fingerprint density at radius 3 is 2.43 bits per heavy atom. The Balaban J connectivity index is 1.94. The van der Waals surface area contributed by atoms with Crippen molar-refractivity contribution in [3.63, 3.8) is 0 Å². The monoisotopic (exact) mass is 442 g/mol. The fourth-order valence-corrected chi connectivity index (χ4v) is 4.94. The largest absolute Gasteiger partial charge is 0.495 e. The van der Waals surface area contributed by atoms with Crippen LogP contribution in [0.25, 0.3) is 0 Å². The summed E-state index contributed by atoms with van der Waals surface area (Å²) >= 11 is 12.3. The van der Waals surface area contributed by atoms with Crippen molar-refractivity contribution in [2.24, 2.45) is 0 Å². The highest BCUT2D eigenvalue weighted by atomic mass is 35.5. The van der Waals surface area contributed by atoms with Gasteiger partial charge in [-0.05, 0) is 49.6 Å². The van der Waals surface area contributed by atoms with Gasteiger partial charge in [0.25, 0.3) is 5.91 Å². The van der Waals surface area contributed by atoms with Crippen LogP contribution in [-0.2, 0) is 10.0 Å². The number of rotatable bonds is 5. The number of nitrogens with zero attached hydrogens (tertiary/aromatic N) is 1. The predicted octanol–water partition coefficient (Wildman–Crippen LogP) is 4.35. The lowest BCUT2D eigenvalue weighted by molar-refractivity contribution is 0.102. The molecule has 1 N–H and O–H groups in total. The molecule has 1 aliphatic rings. The zero-order chi connectivity index (χ0) is 20.5. The number of hydrogen-bond donors (Lipinski definition) is 1. The number of nitrogens with one attached hydrogen (secondary N) is 1. The van der Waals surface area contributed by atoms with Gasteiger partial charge < -0.3 is 10.1 Å². The van der Waals surface area contributed by atoms with Crippen LogP contribution >= 0.6 is 23.2 Å². The summed E-state index contributed by atoms with van der Waals surface area (Å²) in [5, 5.41) is 3.38. The molecule has 1 amide bonds. The molecular weight excluding hydrogens is 423 g/mol. The number of benzene rings is 2. The lowest BCUT2D eigenvalue weighted by atomic mass is 10.1. The molecule has 28 heavy (non-hydrogen) atoms. The predicted molar refractivity (Wildman–Crippen MR) is 110 cm³/mol. The second-order valence-corrected chi connectivity index (χ2v) is 9.26. The van der Waals surface area contributed by atoms with Crippen molar-refractivity contribution in [1.29, 1.82) is 0 Å².